The van der Waals surface area contributed by atoms with E-state index in [0.717, 1.165) is 28.2 Å². The van der Waals surface area contributed by atoms with Crippen molar-refractivity contribution in [2.75, 3.05) is 18.9 Å². The first-order valence-electron chi connectivity index (χ1n) is 10.1. The average Bonchev–Trinajstić information content (AvgIpc) is 3.48. The van der Waals surface area contributed by atoms with Crippen LogP contribution < -0.4 is 20.1 Å². The molecule has 5 rings (SSSR count). The summed E-state index contributed by atoms with van der Waals surface area (Å²) in [6.07, 6.45) is 1.44. The number of fused-ring (bicyclic) bond motifs is 2. The van der Waals surface area contributed by atoms with Crippen molar-refractivity contribution < 1.29 is 23.5 Å². The third-order valence-electron chi connectivity index (χ3n) is 4.86. The number of ether oxygens (including phenoxy) is 2. The number of nitrogens with one attached hydrogen (secondary N) is 3. The van der Waals surface area contributed by atoms with Gasteiger partial charge in [-0.05, 0) is 18.2 Å². The molecular weight excluding hydrogens is 446 g/mol. The molecule has 3 heterocycles. The predicted octanol–water partition coefficient (Wildman–Crippen LogP) is 2.98. The summed E-state index contributed by atoms with van der Waals surface area (Å²) >= 11 is 1.05. The van der Waals surface area contributed by atoms with E-state index in [1.807, 2.05) is 42.5 Å². The van der Waals surface area contributed by atoms with Crippen LogP contribution in [0.3, 0.4) is 0 Å². The van der Waals surface area contributed by atoms with Crippen LogP contribution in [0, 0.1) is 0 Å². The summed E-state index contributed by atoms with van der Waals surface area (Å²) in [5.41, 5.74) is 1.74. The Balaban J connectivity index is 1.08. The van der Waals surface area contributed by atoms with Gasteiger partial charge in [-0.25, -0.2) is 4.79 Å². The molecule has 0 spiro atoms. The van der Waals surface area contributed by atoms with E-state index in [0.29, 0.717) is 24.0 Å². The van der Waals surface area contributed by atoms with Gasteiger partial charge in [0.2, 0.25) is 5.91 Å². The van der Waals surface area contributed by atoms with E-state index in [-0.39, 0.29) is 23.6 Å². The number of H-pyrrole nitrogens is 1. The van der Waals surface area contributed by atoms with E-state index in [4.69, 9.17) is 13.9 Å². The van der Waals surface area contributed by atoms with Crippen molar-refractivity contribution in [3.05, 3.63) is 54.7 Å². The number of carbonyl (C=O) groups is 2. The zero-order valence-corrected chi connectivity index (χ0v) is 18.1. The molecule has 1 aliphatic rings. The van der Waals surface area contributed by atoms with Gasteiger partial charge in [-0.1, -0.05) is 42.1 Å². The lowest BCUT2D eigenvalue weighted by Crippen LogP contribution is -2.46. The van der Waals surface area contributed by atoms with Crippen molar-refractivity contribution in [1.82, 2.24) is 25.8 Å². The number of thioether (sulfide) groups is 1. The minimum absolute atomic E-state index is 0.0562. The summed E-state index contributed by atoms with van der Waals surface area (Å²) in [5.74, 6) is 1.09. The summed E-state index contributed by atoms with van der Waals surface area (Å²) in [4.78, 5) is 27.3. The number of benzene rings is 2. The fourth-order valence-electron chi connectivity index (χ4n) is 3.33. The fourth-order valence-corrected chi connectivity index (χ4v) is 3.89. The van der Waals surface area contributed by atoms with Gasteiger partial charge in [0.25, 0.3) is 11.1 Å². The van der Waals surface area contributed by atoms with Crippen LogP contribution in [0.4, 0.5) is 4.79 Å². The first kappa shape index (κ1) is 20.9. The Hall–Kier alpha value is -3.99. The van der Waals surface area contributed by atoms with Gasteiger partial charge in [0.05, 0.1) is 17.9 Å². The number of hydrogen-bond donors (Lipinski definition) is 3. The van der Waals surface area contributed by atoms with Gasteiger partial charge in [-0.3, -0.25) is 10.1 Å². The molecule has 1 aliphatic heterocycles. The highest BCUT2D eigenvalue weighted by molar-refractivity contribution is 7.99. The molecule has 0 radical (unpaired) electrons. The molecule has 2 aromatic carbocycles. The quantitative estimate of drug-likeness (QED) is 0.371. The maximum atomic E-state index is 12.1. The Morgan fingerprint density at radius 2 is 1.91 bits per heavy atom. The Bertz CT molecular complexity index is 1300. The average molecular weight is 465 g/mol. The van der Waals surface area contributed by atoms with Gasteiger partial charge in [0.1, 0.15) is 6.61 Å². The lowest BCUT2D eigenvalue weighted by molar-refractivity contribution is -0.117. The van der Waals surface area contributed by atoms with Gasteiger partial charge in [0, 0.05) is 17.1 Å². The zero-order valence-electron chi connectivity index (χ0n) is 17.2. The van der Waals surface area contributed by atoms with E-state index in [1.165, 1.54) is 0 Å². The number of aromatic amines is 1. The Labute approximate surface area is 192 Å². The molecule has 33 heavy (non-hydrogen) atoms. The number of amides is 3. The second-order valence-electron chi connectivity index (χ2n) is 7.17. The second kappa shape index (κ2) is 9.25. The lowest BCUT2D eigenvalue weighted by Gasteiger charge is -2.26. The molecule has 4 aromatic rings. The summed E-state index contributed by atoms with van der Waals surface area (Å²) in [6, 6.07) is 14.4. The van der Waals surface area contributed by atoms with E-state index < -0.39 is 11.9 Å². The highest BCUT2D eigenvalue weighted by Gasteiger charge is 2.21. The minimum atomic E-state index is -0.618. The molecule has 1 unspecified atom stereocenters. The van der Waals surface area contributed by atoms with Crippen molar-refractivity contribution in [2.45, 2.75) is 11.3 Å². The fraction of sp³-hybridized carbons (Fsp3) is 0.182. The molecule has 0 saturated carbocycles. The molecule has 10 nitrogen and oxygen atoms in total. The largest absolute Gasteiger partial charge is 0.486 e. The number of nitrogens with zero attached hydrogens (tertiary/aromatic N) is 2. The molecule has 0 fully saturated rings. The van der Waals surface area contributed by atoms with Crippen molar-refractivity contribution in [3.63, 3.8) is 0 Å². The third kappa shape index (κ3) is 4.77. The molecule has 2 aromatic heterocycles. The first-order chi connectivity index (χ1) is 16.2. The summed E-state index contributed by atoms with van der Waals surface area (Å²) in [6.45, 7) is 0.495. The lowest BCUT2D eigenvalue weighted by atomic mass is 10.2. The molecule has 3 amide bonds. The van der Waals surface area contributed by atoms with Gasteiger partial charge in [-0.2, -0.15) is 0 Å². The van der Waals surface area contributed by atoms with Crippen LogP contribution in [0.2, 0.25) is 0 Å². The Morgan fingerprint density at radius 3 is 2.82 bits per heavy atom. The smallest absolute Gasteiger partial charge is 0.321 e. The highest BCUT2D eigenvalue weighted by Crippen LogP contribution is 2.31. The maximum Gasteiger partial charge on any atom is 0.321 e. The number of hydrogen-bond acceptors (Lipinski definition) is 8. The third-order valence-corrected chi connectivity index (χ3v) is 5.68. The number of aromatic nitrogens is 3. The molecule has 168 valence electrons. The van der Waals surface area contributed by atoms with Crippen LogP contribution in [0.25, 0.3) is 22.4 Å². The second-order valence-corrected chi connectivity index (χ2v) is 8.09. The van der Waals surface area contributed by atoms with Crippen LogP contribution in [-0.2, 0) is 4.79 Å². The number of carbonyl (C=O) groups excluding carboxylic acids is 2. The minimum Gasteiger partial charge on any atom is -0.486 e. The van der Waals surface area contributed by atoms with Crippen molar-refractivity contribution >= 4 is 34.6 Å². The Kier molecular flexibility index (Phi) is 5.85. The van der Waals surface area contributed by atoms with Gasteiger partial charge in [0.15, 0.2) is 17.6 Å². The van der Waals surface area contributed by atoms with Crippen molar-refractivity contribution in [3.8, 4) is 23.0 Å². The first-order valence-corrected chi connectivity index (χ1v) is 11.1. The van der Waals surface area contributed by atoms with E-state index in [1.54, 1.807) is 12.3 Å². The maximum absolute atomic E-state index is 12.1. The molecule has 11 heteroatoms. The predicted molar refractivity (Wildman–Crippen MR) is 120 cm³/mol. The summed E-state index contributed by atoms with van der Waals surface area (Å²) < 4.78 is 17.0. The normalized spacial score (nSPS) is 14.7. The van der Waals surface area contributed by atoms with Crippen LogP contribution in [0.5, 0.6) is 11.5 Å². The number of para-hydroxylation sites is 3. The number of rotatable bonds is 6. The van der Waals surface area contributed by atoms with Gasteiger partial charge in [-0.15, -0.1) is 10.2 Å². The molecule has 3 N–H and O–H groups in total. The number of imide groups is 1. The highest BCUT2D eigenvalue weighted by atomic mass is 32.2. The SMILES string of the molecule is O=C(CSc1nnc(-c2c[nH]c3ccccc23)o1)NC(=O)NCC1COc2ccccc2O1. The van der Waals surface area contributed by atoms with Gasteiger partial charge >= 0.3 is 6.03 Å². The topological polar surface area (TPSA) is 131 Å². The van der Waals surface area contributed by atoms with Crippen LogP contribution in [0.15, 0.2) is 64.4 Å². The van der Waals surface area contributed by atoms with Gasteiger partial charge < -0.3 is 24.2 Å². The summed E-state index contributed by atoms with van der Waals surface area (Å²) in [5, 5.41) is 14.1. The molecule has 0 saturated heterocycles. The zero-order chi connectivity index (χ0) is 22.6. The van der Waals surface area contributed by atoms with E-state index in [9.17, 15) is 9.59 Å². The van der Waals surface area contributed by atoms with Crippen molar-refractivity contribution in [1.29, 1.82) is 0 Å². The van der Waals surface area contributed by atoms with E-state index in [2.05, 4.69) is 25.8 Å². The Morgan fingerprint density at radius 1 is 1.09 bits per heavy atom. The number of urea groups is 1. The van der Waals surface area contributed by atoms with E-state index >= 15 is 0 Å². The molecular formula is C22H19N5O5S. The summed E-state index contributed by atoms with van der Waals surface area (Å²) in [7, 11) is 0. The standard InChI is InChI=1S/C22H19N5O5S/c28-19(25-21(29)24-9-13-11-30-17-7-3-4-8-18(17)31-13)12-33-22-27-26-20(32-22)15-10-23-16-6-2-1-5-14(15)16/h1-8,10,13,23H,9,11-12H2,(H2,24,25,28,29). The molecule has 0 bridgehead atoms. The van der Waals surface area contributed by atoms with Crippen LogP contribution >= 0.6 is 11.8 Å². The molecule has 0 aliphatic carbocycles. The monoisotopic (exact) mass is 465 g/mol. The van der Waals surface area contributed by atoms with Crippen LogP contribution in [-0.4, -0.2) is 52.1 Å². The molecule has 1 atom stereocenters. The van der Waals surface area contributed by atoms with Crippen LogP contribution in [0.1, 0.15) is 0 Å². The van der Waals surface area contributed by atoms with Crippen molar-refractivity contribution in [2.24, 2.45) is 0 Å².